The number of nitrogens with zero attached hydrogens (tertiary/aromatic N) is 2. The van der Waals surface area contributed by atoms with Gasteiger partial charge < -0.3 is 14.8 Å². The number of hydrogen-bond acceptors (Lipinski definition) is 4. The Morgan fingerprint density at radius 3 is 2.67 bits per heavy atom. The zero-order valence-electron chi connectivity index (χ0n) is 12.5. The average molecular weight is 310 g/mol. The quantitative estimate of drug-likeness (QED) is 0.849. The second-order valence-corrected chi connectivity index (χ2v) is 5.06. The average Bonchev–Trinajstić information content (AvgIpc) is 2.93. The summed E-state index contributed by atoms with van der Waals surface area (Å²) < 4.78 is 12.5. The molecule has 6 heteroatoms. The van der Waals surface area contributed by atoms with E-state index in [-0.39, 0.29) is 0 Å². The van der Waals surface area contributed by atoms with Crippen molar-refractivity contribution in [3.8, 4) is 11.5 Å². The molecule has 0 amide bonds. The Morgan fingerprint density at radius 2 is 2.00 bits per heavy atom. The van der Waals surface area contributed by atoms with E-state index in [1.54, 1.807) is 20.3 Å². The van der Waals surface area contributed by atoms with Gasteiger partial charge in [0.1, 0.15) is 11.5 Å². The number of ether oxygens (including phenoxy) is 2. The Balaban J connectivity index is 2.10. The van der Waals surface area contributed by atoms with E-state index in [4.69, 9.17) is 21.1 Å². The van der Waals surface area contributed by atoms with E-state index in [2.05, 4.69) is 17.3 Å². The van der Waals surface area contributed by atoms with Crippen LogP contribution < -0.4 is 14.8 Å². The number of benzene rings is 1. The number of hydrogen-bond donors (Lipinski definition) is 1. The molecule has 1 aromatic carbocycles. The van der Waals surface area contributed by atoms with Crippen molar-refractivity contribution in [1.82, 2.24) is 9.78 Å². The Labute approximate surface area is 129 Å². The summed E-state index contributed by atoms with van der Waals surface area (Å²) in [6.07, 6.45) is 4.97. The maximum Gasteiger partial charge on any atom is 0.143 e. The summed E-state index contributed by atoms with van der Waals surface area (Å²) in [5.74, 6) is 1.29. The van der Waals surface area contributed by atoms with E-state index in [0.717, 1.165) is 24.2 Å². The summed E-state index contributed by atoms with van der Waals surface area (Å²) in [6.45, 7) is 3.72. The molecule has 0 saturated carbocycles. The van der Waals surface area contributed by atoms with Crippen LogP contribution in [0.1, 0.15) is 18.9 Å². The number of methoxy groups -OCH3 is 2. The normalized spacial score (nSPS) is 10.5. The molecule has 21 heavy (non-hydrogen) atoms. The predicted octanol–water partition coefficient (Wildman–Crippen LogP) is 3.58. The van der Waals surface area contributed by atoms with Crippen molar-refractivity contribution >= 4 is 17.3 Å². The fraction of sp³-hybridized carbons (Fsp3) is 0.400. The topological polar surface area (TPSA) is 48.3 Å². The lowest BCUT2D eigenvalue weighted by atomic mass is 10.2. The molecule has 1 N–H and O–H groups in total. The number of aryl methyl sites for hydroxylation is 1. The summed E-state index contributed by atoms with van der Waals surface area (Å²) in [5.41, 5.74) is 1.95. The maximum atomic E-state index is 6.09. The molecule has 0 atom stereocenters. The van der Waals surface area contributed by atoms with Crippen molar-refractivity contribution in [3.05, 3.63) is 35.1 Å². The van der Waals surface area contributed by atoms with Gasteiger partial charge in [-0.2, -0.15) is 5.10 Å². The third-order valence-corrected chi connectivity index (χ3v) is 3.39. The molecule has 1 heterocycles. The first-order chi connectivity index (χ1) is 10.2. The van der Waals surface area contributed by atoms with Crippen LogP contribution in [0, 0.1) is 0 Å². The summed E-state index contributed by atoms with van der Waals surface area (Å²) in [4.78, 5) is 0. The molecule has 0 aliphatic rings. The second-order valence-electron chi connectivity index (χ2n) is 4.65. The van der Waals surface area contributed by atoms with Gasteiger partial charge in [-0.05, 0) is 6.42 Å². The lowest BCUT2D eigenvalue weighted by Crippen LogP contribution is -2.02. The fourth-order valence-corrected chi connectivity index (χ4v) is 2.28. The minimum atomic E-state index is 0.524. The maximum absolute atomic E-state index is 6.09. The summed E-state index contributed by atoms with van der Waals surface area (Å²) in [5, 5.41) is 8.15. The molecule has 0 spiro atoms. The predicted molar refractivity (Wildman–Crippen MR) is 84.4 cm³/mol. The second kappa shape index (κ2) is 7.22. The third-order valence-electron chi connectivity index (χ3n) is 3.10. The Morgan fingerprint density at radius 1 is 1.24 bits per heavy atom. The van der Waals surface area contributed by atoms with Gasteiger partial charge in [0.2, 0.25) is 0 Å². The van der Waals surface area contributed by atoms with Crippen LogP contribution in [0.15, 0.2) is 24.5 Å². The van der Waals surface area contributed by atoms with Crippen LogP contribution in [-0.4, -0.2) is 24.0 Å². The van der Waals surface area contributed by atoms with Crippen LogP contribution >= 0.6 is 11.6 Å². The fourth-order valence-electron chi connectivity index (χ4n) is 2.04. The van der Waals surface area contributed by atoms with Gasteiger partial charge in [-0.3, -0.25) is 4.68 Å². The number of anilines is 1. The van der Waals surface area contributed by atoms with E-state index in [1.807, 2.05) is 23.1 Å². The van der Waals surface area contributed by atoms with Crippen molar-refractivity contribution < 1.29 is 9.47 Å². The highest BCUT2D eigenvalue weighted by Crippen LogP contribution is 2.36. The minimum absolute atomic E-state index is 0.524. The van der Waals surface area contributed by atoms with Gasteiger partial charge >= 0.3 is 0 Å². The van der Waals surface area contributed by atoms with Crippen LogP contribution in [0.3, 0.4) is 0 Å². The van der Waals surface area contributed by atoms with Gasteiger partial charge in [0, 0.05) is 37.0 Å². The van der Waals surface area contributed by atoms with E-state index < -0.39 is 0 Å². The van der Waals surface area contributed by atoms with Crippen LogP contribution in [0.5, 0.6) is 11.5 Å². The monoisotopic (exact) mass is 309 g/mol. The first-order valence-electron chi connectivity index (χ1n) is 6.84. The van der Waals surface area contributed by atoms with Gasteiger partial charge in [-0.25, -0.2) is 0 Å². The number of halogens is 1. The first-order valence-corrected chi connectivity index (χ1v) is 7.22. The molecule has 5 nitrogen and oxygen atoms in total. The molecule has 1 aromatic heterocycles. The van der Waals surface area contributed by atoms with Crippen molar-refractivity contribution in [3.63, 3.8) is 0 Å². The van der Waals surface area contributed by atoms with Gasteiger partial charge in [-0.1, -0.05) is 18.5 Å². The highest BCUT2D eigenvalue weighted by Gasteiger charge is 2.10. The van der Waals surface area contributed by atoms with E-state index in [1.165, 1.54) is 0 Å². The first kappa shape index (κ1) is 15.5. The molecule has 0 fully saturated rings. The summed E-state index contributed by atoms with van der Waals surface area (Å²) >= 11 is 6.09. The molecule has 0 saturated heterocycles. The Hall–Kier alpha value is -1.88. The highest BCUT2D eigenvalue weighted by molar-refractivity contribution is 6.32. The van der Waals surface area contributed by atoms with Crippen molar-refractivity contribution in [2.45, 2.75) is 26.4 Å². The van der Waals surface area contributed by atoms with Gasteiger partial charge in [0.15, 0.2) is 0 Å². The van der Waals surface area contributed by atoms with E-state index >= 15 is 0 Å². The number of rotatable bonds is 7. The van der Waals surface area contributed by atoms with Gasteiger partial charge in [-0.15, -0.1) is 0 Å². The molecule has 0 aliphatic heterocycles. The largest absolute Gasteiger partial charge is 0.495 e. The summed E-state index contributed by atoms with van der Waals surface area (Å²) in [7, 11) is 3.20. The zero-order valence-corrected chi connectivity index (χ0v) is 13.3. The molecule has 0 radical (unpaired) electrons. The van der Waals surface area contributed by atoms with Crippen LogP contribution in [-0.2, 0) is 13.1 Å². The third kappa shape index (κ3) is 3.82. The SMILES string of the molecule is CCCn1cc(CNc2cc(OC)c(Cl)cc2OC)cn1. The molecule has 2 rings (SSSR count). The Kier molecular flexibility index (Phi) is 5.33. The molecule has 0 unspecified atom stereocenters. The molecular formula is C15H20ClN3O2. The lowest BCUT2D eigenvalue weighted by Gasteiger charge is -2.13. The lowest BCUT2D eigenvalue weighted by molar-refractivity contribution is 0.404. The van der Waals surface area contributed by atoms with Crippen LogP contribution in [0.2, 0.25) is 5.02 Å². The van der Waals surface area contributed by atoms with Gasteiger partial charge in [0.25, 0.3) is 0 Å². The molecule has 2 aromatic rings. The number of nitrogens with one attached hydrogen (secondary N) is 1. The Bertz CT molecular complexity index is 599. The standard InChI is InChI=1S/C15H20ClN3O2/c1-4-5-19-10-11(9-18-19)8-17-13-7-14(20-2)12(16)6-15(13)21-3/h6-7,9-10,17H,4-5,8H2,1-3H3. The molecule has 0 aliphatic carbocycles. The van der Waals surface area contributed by atoms with E-state index in [9.17, 15) is 0 Å². The molecular weight excluding hydrogens is 290 g/mol. The van der Waals surface area contributed by atoms with Crippen molar-refractivity contribution in [1.29, 1.82) is 0 Å². The highest BCUT2D eigenvalue weighted by atomic mass is 35.5. The molecule has 114 valence electrons. The van der Waals surface area contributed by atoms with Crippen molar-refractivity contribution in [2.24, 2.45) is 0 Å². The van der Waals surface area contributed by atoms with Crippen LogP contribution in [0.4, 0.5) is 5.69 Å². The minimum Gasteiger partial charge on any atom is -0.495 e. The van der Waals surface area contributed by atoms with Crippen molar-refractivity contribution in [2.75, 3.05) is 19.5 Å². The van der Waals surface area contributed by atoms with E-state index in [0.29, 0.717) is 23.1 Å². The zero-order chi connectivity index (χ0) is 15.2. The smallest absolute Gasteiger partial charge is 0.143 e. The number of aromatic nitrogens is 2. The summed E-state index contributed by atoms with van der Waals surface area (Å²) in [6, 6.07) is 3.57. The van der Waals surface area contributed by atoms with Gasteiger partial charge in [0.05, 0.1) is 31.1 Å². The molecule has 0 bridgehead atoms. The van der Waals surface area contributed by atoms with Crippen LogP contribution in [0.25, 0.3) is 0 Å².